The second kappa shape index (κ2) is 52.8. The van der Waals surface area contributed by atoms with Crippen molar-refractivity contribution in [3.05, 3.63) is 234 Å². The molecule has 0 saturated heterocycles. The summed E-state index contributed by atoms with van der Waals surface area (Å²) in [7, 11) is 12.8. The van der Waals surface area contributed by atoms with Crippen molar-refractivity contribution in [1.82, 2.24) is 62.3 Å². The number of carbonyl (C=O) groups excluding carboxylic acids is 6. The minimum absolute atomic E-state index is 0. The van der Waals surface area contributed by atoms with Gasteiger partial charge in [-0.15, -0.1) is 0 Å². The standard InChI is InChI=1S/C16H22N4O2S.C16H21N3O3S.C15H17Cl2N3O2S.C15H18ClN3O2S.C15H17F2N3O2S.C14H15FN2OS.CH4/c1-9(2)14-15(20(5)13(19-14)8-22-16(17)21)23-12-6-10(3)18-11(4)7-12;1-10(2)14-15(19(3)13(18-14)9-22-16(17)20)23-12-7-5-6-11(8-12)21-4;1-8(2)13-14(20(3)12(19-13)7-22-15(18)21)23-11-5-9(16)4-10(17)6-11;1-9(2)13-14(22-11-6-4-5-10(16)7-11)19(3)12(18-13)8-21-15(17)20;1-8(2)13-14(20(3)12(19-13)7-22-15(18)21)23-11-5-9(16)4-10(17)6-11;1-9(2)13-14(17(3)12(8-18)16-13)19-11-6-4-5-10(15)7-11;/h6-7,9H,8H2,1-5H3,(H2,17,21);5-8,10H,9H2,1-4H3,(H2,17,20);4-6,8H,7H2,1-3H3,(H2,18,21);4-7,9H,8H2,1-3H3,(H2,17,20);4-6,8H,7H2,1-3H3,(H2,18,21);4-9H,1-3H3;1H4. The number of carbonyl (C=O) groups is 6. The number of hydrogen-bond donors (Lipinski definition) is 5. The van der Waals surface area contributed by atoms with E-state index < -0.39 is 42.1 Å². The summed E-state index contributed by atoms with van der Waals surface area (Å²) in [6.45, 7) is 28.7. The fourth-order valence-electron chi connectivity index (χ4n) is 12.1. The van der Waals surface area contributed by atoms with E-state index in [1.165, 1.54) is 59.6 Å². The van der Waals surface area contributed by atoms with Gasteiger partial charge in [0.05, 0.1) is 41.3 Å². The first-order valence-electron chi connectivity index (χ1n) is 41.2. The van der Waals surface area contributed by atoms with Crippen LogP contribution in [0.2, 0.25) is 15.1 Å². The van der Waals surface area contributed by atoms with Gasteiger partial charge in [-0.1, -0.05) is 214 Å². The van der Waals surface area contributed by atoms with Gasteiger partial charge in [-0.05, 0) is 146 Å². The molecule has 0 aliphatic carbocycles. The number of primary amides is 5. The van der Waals surface area contributed by atoms with Crippen LogP contribution in [0.15, 0.2) is 181 Å². The molecule has 0 spiro atoms. The zero-order chi connectivity index (χ0) is 98.7. The lowest BCUT2D eigenvalue weighted by Gasteiger charge is -2.10. The molecule has 12 aromatic rings. The number of halogens is 6. The number of aldehydes is 1. The average molecular weight is 2020 g/mol. The zero-order valence-electron chi connectivity index (χ0n) is 77.4. The first-order chi connectivity index (χ1) is 62.6. The van der Waals surface area contributed by atoms with Gasteiger partial charge in [-0.3, -0.25) is 9.78 Å². The Hall–Kier alpha value is -10.9. The SMILES string of the molecule is C.CC(C)c1nc(C=O)n(C)c1Sc1cccc(F)c1.CC(C)c1nc(COC(N)=O)n(C)c1Sc1cc(Cl)cc(Cl)c1.CC(C)c1nc(COC(N)=O)n(C)c1Sc1cc(F)cc(F)c1.CC(C)c1nc(COC(N)=O)n(C)c1Sc1cccc(Cl)c1.COc1cccc(Sc2c(C(C)C)nc(COC(N)=O)n2C)c1.Cc1cc(Sc2c(C(C)C)nc(COC(N)=O)n2C)cc(C)n1. The highest BCUT2D eigenvalue weighted by Gasteiger charge is 2.27. The van der Waals surface area contributed by atoms with Crippen LogP contribution in [-0.4, -0.2) is 106 Å². The summed E-state index contributed by atoms with van der Waals surface area (Å²) in [4.78, 5) is 102. The minimum Gasteiger partial charge on any atom is -0.497 e. The Morgan fingerprint density at radius 1 is 0.343 bits per heavy atom. The average Bonchev–Trinajstić information content (AvgIpc) is 1.66. The molecule has 0 atom stereocenters. The number of amides is 5. The minimum atomic E-state index is -0.888. The molecule has 0 saturated carbocycles. The number of hydrogen-bond acceptors (Lipinski definition) is 25. The molecule has 0 aliphatic heterocycles. The van der Waals surface area contributed by atoms with Gasteiger partial charge in [0.2, 0.25) is 0 Å². The van der Waals surface area contributed by atoms with Crippen LogP contribution in [0.4, 0.5) is 37.1 Å². The van der Waals surface area contributed by atoms with Crippen molar-refractivity contribution in [2.45, 2.75) is 232 Å². The van der Waals surface area contributed by atoms with Crippen molar-refractivity contribution >= 4 is 142 Å². The van der Waals surface area contributed by atoms with Gasteiger partial charge >= 0.3 is 30.5 Å². The number of rotatable bonds is 30. The van der Waals surface area contributed by atoms with Gasteiger partial charge in [-0.25, -0.2) is 67.0 Å². The van der Waals surface area contributed by atoms with Crippen LogP contribution in [0, 0.1) is 31.3 Å². The number of nitrogens with zero attached hydrogens (tertiary/aromatic N) is 13. The smallest absolute Gasteiger partial charge is 0.404 e. The third kappa shape index (κ3) is 33.6. The molecule has 30 nitrogen and oxygen atoms in total. The molecular weight excluding hydrogens is 1900 g/mol. The van der Waals surface area contributed by atoms with E-state index in [9.17, 15) is 41.9 Å². The first kappa shape index (κ1) is 112. The van der Waals surface area contributed by atoms with E-state index in [0.717, 1.165) is 118 Å². The number of aromatic nitrogens is 13. The van der Waals surface area contributed by atoms with Crippen molar-refractivity contribution in [3.63, 3.8) is 0 Å². The van der Waals surface area contributed by atoms with Crippen molar-refractivity contribution < 1.29 is 70.4 Å². The monoisotopic (exact) mass is 2020 g/mol. The van der Waals surface area contributed by atoms with E-state index in [-0.39, 0.29) is 81.8 Å². The molecule has 42 heteroatoms. The topological polar surface area (TPSA) is 408 Å². The molecular formula is C92H114Cl3F3N18O12S6. The molecule has 0 aliphatic rings. The van der Waals surface area contributed by atoms with Crippen molar-refractivity contribution in [2.75, 3.05) is 7.11 Å². The largest absolute Gasteiger partial charge is 0.497 e. The molecule has 7 aromatic heterocycles. The highest BCUT2D eigenvalue weighted by molar-refractivity contribution is 8.00. The number of aryl methyl sites for hydroxylation is 2. The highest BCUT2D eigenvalue weighted by atomic mass is 35.5. The molecule has 0 unspecified atom stereocenters. The van der Waals surface area contributed by atoms with Gasteiger partial charge in [0, 0.05) is 104 Å². The molecule has 10 N–H and O–H groups in total. The maximum Gasteiger partial charge on any atom is 0.404 e. The van der Waals surface area contributed by atoms with Crippen LogP contribution in [0.5, 0.6) is 5.75 Å². The summed E-state index contributed by atoms with van der Waals surface area (Å²) in [5.41, 5.74) is 32.5. The summed E-state index contributed by atoms with van der Waals surface area (Å²) in [6.07, 6.45) is -3.38. The molecule has 0 bridgehead atoms. The molecule has 7 heterocycles. The highest BCUT2D eigenvalue weighted by Crippen LogP contribution is 2.43. The van der Waals surface area contributed by atoms with Crippen molar-refractivity contribution in [1.29, 1.82) is 0 Å². The maximum atomic E-state index is 13.4. The van der Waals surface area contributed by atoms with Gasteiger partial charge in [-0.2, -0.15) is 0 Å². The third-order valence-corrected chi connectivity index (χ3v) is 26.3. The fraction of sp³-hybridized carbons (Fsp3) is 0.359. The number of benzene rings is 5. The van der Waals surface area contributed by atoms with E-state index in [2.05, 4.69) is 90.3 Å². The molecule has 12 rings (SSSR count). The molecule has 5 aromatic carbocycles. The fourth-order valence-corrected chi connectivity index (χ4v) is 20.3. The van der Waals surface area contributed by atoms with Gasteiger partial charge in [0.15, 0.2) is 45.1 Å². The third-order valence-electron chi connectivity index (χ3n) is 18.7. The number of methoxy groups -OCH3 is 1. The lowest BCUT2D eigenvalue weighted by molar-refractivity contribution is 0.111. The van der Waals surface area contributed by atoms with E-state index >= 15 is 0 Å². The maximum absolute atomic E-state index is 13.4. The summed E-state index contributed by atoms with van der Waals surface area (Å²) in [5, 5.41) is 7.44. The molecule has 0 radical (unpaired) electrons. The normalized spacial score (nSPS) is 10.9. The predicted molar refractivity (Wildman–Crippen MR) is 520 cm³/mol. The van der Waals surface area contributed by atoms with Crippen LogP contribution in [0.3, 0.4) is 0 Å². The molecule has 722 valence electrons. The lowest BCUT2D eigenvalue weighted by atomic mass is 10.2. The Labute approximate surface area is 819 Å². The van der Waals surface area contributed by atoms with Crippen LogP contribution in [0.25, 0.3) is 0 Å². The van der Waals surface area contributed by atoms with Crippen molar-refractivity contribution in [3.8, 4) is 5.75 Å². The Kier molecular flexibility index (Phi) is 44.1. The summed E-state index contributed by atoms with van der Waals surface area (Å²) >= 11 is 27.1. The molecule has 0 fully saturated rings. The molecule has 5 amide bonds. The Morgan fingerprint density at radius 2 is 0.604 bits per heavy atom. The van der Waals surface area contributed by atoms with Crippen LogP contribution in [-0.2, 0) is 99.0 Å². The quantitative estimate of drug-likeness (QED) is 0.0206. The van der Waals surface area contributed by atoms with Crippen LogP contribution >= 0.6 is 105 Å². The predicted octanol–water partition coefficient (Wildman–Crippen LogP) is 23.0. The van der Waals surface area contributed by atoms with Crippen molar-refractivity contribution in [2.24, 2.45) is 71.0 Å². The summed E-state index contributed by atoms with van der Waals surface area (Å²) < 4.78 is 80.6. The van der Waals surface area contributed by atoms with E-state index in [4.69, 9.17) is 91.9 Å². The summed E-state index contributed by atoms with van der Waals surface area (Å²) in [6, 6.07) is 34.7. The van der Waals surface area contributed by atoms with E-state index in [1.54, 1.807) is 77.8 Å². The zero-order valence-corrected chi connectivity index (χ0v) is 84.6. The number of imidazole rings is 6. The van der Waals surface area contributed by atoms with Gasteiger partial charge in [0.25, 0.3) is 0 Å². The Bertz CT molecular complexity index is 5690. The second-order valence-corrected chi connectivity index (χ2v) is 38.9. The Morgan fingerprint density at radius 3 is 0.903 bits per heavy atom. The Balaban J connectivity index is 0.000000247. The van der Waals surface area contributed by atoms with Gasteiger partial charge in [0.1, 0.15) is 82.5 Å². The van der Waals surface area contributed by atoms with Gasteiger partial charge < -0.3 is 84.5 Å². The van der Waals surface area contributed by atoms with E-state index in [0.29, 0.717) is 54.9 Å². The number of ether oxygens (including phenoxy) is 6. The lowest BCUT2D eigenvalue weighted by Crippen LogP contribution is -2.14. The first-order valence-corrected chi connectivity index (χ1v) is 47.2. The number of pyridine rings is 1. The van der Waals surface area contributed by atoms with Crippen LogP contribution < -0.4 is 33.4 Å². The summed E-state index contributed by atoms with van der Waals surface area (Å²) in [5.74, 6) is 4.04. The molecule has 134 heavy (non-hydrogen) atoms. The second-order valence-electron chi connectivity index (χ2n) is 31.2. The van der Waals surface area contributed by atoms with E-state index in [1.807, 2.05) is 167 Å². The van der Waals surface area contributed by atoms with Crippen LogP contribution in [0.1, 0.15) is 211 Å². The number of nitrogens with two attached hydrogens (primary N) is 5.